The van der Waals surface area contributed by atoms with Gasteiger partial charge in [-0.05, 0) is 32.1 Å². The van der Waals surface area contributed by atoms with Crippen LogP contribution in [-0.4, -0.2) is 31.2 Å². The third-order valence-electron chi connectivity index (χ3n) is 16.8. The molecule has 0 radical (unpaired) electrons. The summed E-state index contributed by atoms with van der Waals surface area (Å²) < 4.78 is 11.7. The van der Waals surface area contributed by atoms with Crippen molar-refractivity contribution in [2.75, 3.05) is 13.2 Å². The lowest BCUT2D eigenvalue weighted by atomic mass is 10.0. The van der Waals surface area contributed by atoms with Crippen molar-refractivity contribution in [1.29, 1.82) is 0 Å². The van der Waals surface area contributed by atoms with Crippen LogP contribution in [-0.2, 0) is 19.1 Å². The Hall–Kier alpha value is -1.14. The van der Waals surface area contributed by atoms with Crippen LogP contribution >= 0.6 is 0 Å². The van der Waals surface area contributed by atoms with Crippen LogP contribution < -0.4 is 11.3 Å². The largest absolute Gasteiger partial charge is 0.462 e. The molecule has 454 valence electrons. The first-order valence-corrected chi connectivity index (χ1v) is 35.4. The number of nitrogens with one attached hydrogen (secondary N) is 1. The number of hydrogen-bond donors (Lipinski definition) is 2. The maximum atomic E-state index is 12.9. The monoisotopic (exact) mass is 1070 g/mol. The smallest absolute Gasteiger partial charge is 0.306 e. The molecule has 6 nitrogen and oxygen atoms in total. The van der Waals surface area contributed by atoms with Gasteiger partial charge in [-0.3, -0.25) is 20.9 Å². The summed E-state index contributed by atoms with van der Waals surface area (Å²) in [6.07, 6.45) is 82.9. The molecule has 0 aromatic heterocycles. The van der Waals surface area contributed by atoms with Gasteiger partial charge in [0.25, 0.3) is 0 Å². The highest BCUT2D eigenvalue weighted by molar-refractivity contribution is 5.70. The Morgan fingerprint density at radius 2 is 0.500 bits per heavy atom. The van der Waals surface area contributed by atoms with Crippen LogP contribution in [0.3, 0.4) is 0 Å². The first-order chi connectivity index (χ1) is 37.6. The zero-order chi connectivity index (χ0) is 54.8. The molecule has 0 saturated carbocycles. The third kappa shape index (κ3) is 65.4. The van der Waals surface area contributed by atoms with Gasteiger partial charge in [-0.15, -0.1) is 0 Å². The Morgan fingerprint density at radius 1 is 0.289 bits per heavy atom. The Kier molecular flexibility index (Phi) is 67.1. The number of unbranched alkanes of at least 4 members (excludes halogenated alkanes) is 57. The zero-order valence-electron chi connectivity index (χ0n) is 52.2. The quantitative estimate of drug-likeness (QED) is 0.0273. The lowest BCUT2D eigenvalue weighted by Crippen LogP contribution is -2.25. The average Bonchev–Trinajstić information content (AvgIpc) is 3.42. The van der Waals surface area contributed by atoms with Gasteiger partial charge in [0.15, 0.2) is 0 Å². The van der Waals surface area contributed by atoms with Crippen molar-refractivity contribution in [1.82, 2.24) is 5.43 Å². The summed E-state index contributed by atoms with van der Waals surface area (Å²) in [5.74, 6) is 5.09. The third-order valence-corrected chi connectivity index (χ3v) is 16.8. The molecule has 0 aliphatic carbocycles. The van der Waals surface area contributed by atoms with Gasteiger partial charge < -0.3 is 9.47 Å². The maximum absolute atomic E-state index is 12.9. The standard InChI is InChI=1S/C70H140N2O4/c1-3-5-7-9-11-13-43-48-52-56-60-64-69(73)75-67-68(76-70(74)65-61-57-53-49-44-14-12-10-8-6-4-2)63-59-55-51-47-45-41-39-37-35-33-31-29-27-25-23-21-19-17-15-16-18-20-22-24-26-28-30-32-34-36-38-40-42-46-50-54-58-62-66-72-71/h68,72H,3-67,71H2,1-2H3. The van der Waals surface area contributed by atoms with E-state index < -0.39 is 0 Å². The minimum absolute atomic E-state index is 0.109. The minimum Gasteiger partial charge on any atom is -0.462 e. The highest BCUT2D eigenvalue weighted by Crippen LogP contribution is 2.20. The van der Waals surface area contributed by atoms with Crippen LogP contribution in [0, 0.1) is 0 Å². The van der Waals surface area contributed by atoms with Crippen molar-refractivity contribution in [3.8, 4) is 0 Å². The molecule has 0 amide bonds. The second-order valence-electron chi connectivity index (χ2n) is 24.5. The van der Waals surface area contributed by atoms with Crippen molar-refractivity contribution in [3.05, 3.63) is 0 Å². The molecule has 0 aromatic rings. The molecule has 0 aromatic carbocycles. The number of hydrogen-bond acceptors (Lipinski definition) is 6. The molecule has 0 heterocycles. The molecule has 0 rings (SSSR count). The molecular formula is C70H140N2O4. The number of carbonyl (C=O) groups is 2. The predicted octanol–water partition coefficient (Wildman–Crippen LogP) is 23.5. The lowest BCUT2D eigenvalue weighted by molar-refractivity contribution is -0.159. The number of hydrazine groups is 1. The zero-order valence-corrected chi connectivity index (χ0v) is 52.2. The minimum atomic E-state index is -0.303. The molecule has 76 heavy (non-hydrogen) atoms. The number of ether oxygens (including phenoxy) is 2. The van der Waals surface area contributed by atoms with Crippen LogP contribution in [0.4, 0.5) is 0 Å². The van der Waals surface area contributed by atoms with Gasteiger partial charge in [0, 0.05) is 19.4 Å². The molecular weight excluding hydrogens is 933 g/mol. The fourth-order valence-electron chi connectivity index (χ4n) is 11.5. The van der Waals surface area contributed by atoms with Crippen LogP contribution in [0.25, 0.3) is 0 Å². The van der Waals surface area contributed by atoms with E-state index in [1.54, 1.807) is 0 Å². The van der Waals surface area contributed by atoms with Crippen molar-refractivity contribution in [2.24, 2.45) is 5.84 Å². The van der Waals surface area contributed by atoms with Crippen molar-refractivity contribution in [2.45, 2.75) is 424 Å². The lowest BCUT2D eigenvalue weighted by Gasteiger charge is -2.18. The Balaban J connectivity index is 3.78. The highest BCUT2D eigenvalue weighted by atomic mass is 16.6. The molecule has 1 unspecified atom stereocenters. The summed E-state index contributed by atoms with van der Waals surface area (Å²) >= 11 is 0. The summed E-state index contributed by atoms with van der Waals surface area (Å²) in [4.78, 5) is 25.5. The van der Waals surface area contributed by atoms with E-state index in [9.17, 15) is 9.59 Å². The fraction of sp³-hybridized carbons (Fsp3) is 0.971. The number of carbonyl (C=O) groups excluding carboxylic acids is 2. The van der Waals surface area contributed by atoms with E-state index in [1.165, 1.54) is 347 Å². The average molecular weight is 1070 g/mol. The second kappa shape index (κ2) is 68.1. The molecule has 0 spiro atoms. The van der Waals surface area contributed by atoms with Gasteiger partial charge in [0.2, 0.25) is 0 Å². The number of nitrogens with two attached hydrogens (primary N) is 1. The van der Waals surface area contributed by atoms with Gasteiger partial charge in [0.1, 0.15) is 12.7 Å². The molecule has 3 N–H and O–H groups in total. The maximum Gasteiger partial charge on any atom is 0.306 e. The summed E-state index contributed by atoms with van der Waals surface area (Å²) in [7, 11) is 0. The molecule has 1 atom stereocenters. The Morgan fingerprint density at radius 3 is 0.750 bits per heavy atom. The summed E-state index contributed by atoms with van der Waals surface area (Å²) in [5, 5.41) is 0. The first kappa shape index (κ1) is 74.9. The Bertz CT molecular complexity index is 1090. The van der Waals surface area contributed by atoms with Gasteiger partial charge in [-0.25, -0.2) is 0 Å². The molecule has 6 heteroatoms. The van der Waals surface area contributed by atoms with Gasteiger partial charge in [-0.2, -0.15) is 0 Å². The van der Waals surface area contributed by atoms with E-state index >= 15 is 0 Å². The highest BCUT2D eigenvalue weighted by Gasteiger charge is 2.17. The summed E-state index contributed by atoms with van der Waals surface area (Å²) in [6, 6.07) is 0. The SMILES string of the molecule is CCCCCCCCCCCCCC(=O)OCC(CCCCCCCCCCCCCCCCCCCCCCCCCCCCCCCCCCCCCCCCNN)OC(=O)CCCCCCCCCCCCC. The molecule has 0 aliphatic rings. The van der Waals surface area contributed by atoms with E-state index in [4.69, 9.17) is 15.3 Å². The number of rotatable bonds is 68. The summed E-state index contributed by atoms with van der Waals surface area (Å²) in [6.45, 7) is 5.74. The normalized spacial score (nSPS) is 12.0. The molecule has 0 aliphatic heterocycles. The first-order valence-electron chi connectivity index (χ1n) is 35.4. The van der Waals surface area contributed by atoms with Gasteiger partial charge in [0.05, 0.1) is 0 Å². The van der Waals surface area contributed by atoms with Crippen LogP contribution in [0.5, 0.6) is 0 Å². The predicted molar refractivity (Wildman–Crippen MR) is 335 cm³/mol. The van der Waals surface area contributed by atoms with E-state index in [0.717, 1.165) is 51.5 Å². The molecule has 0 fully saturated rings. The van der Waals surface area contributed by atoms with Crippen molar-refractivity contribution < 1.29 is 19.1 Å². The Labute approximate surface area is 477 Å². The van der Waals surface area contributed by atoms with E-state index in [0.29, 0.717) is 12.8 Å². The van der Waals surface area contributed by atoms with Crippen LogP contribution in [0.2, 0.25) is 0 Å². The fourth-order valence-corrected chi connectivity index (χ4v) is 11.5. The topological polar surface area (TPSA) is 90.7 Å². The van der Waals surface area contributed by atoms with Crippen molar-refractivity contribution >= 4 is 11.9 Å². The molecule has 0 saturated heterocycles. The van der Waals surface area contributed by atoms with Crippen LogP contribution in [0.1, 0.15) is 418 Å². The second-order valence-corrected chi connectivity index (χ2v) is 24.5. The van der Waals surface area contributed by atoms with E-state index in [1.807, 2.05) is 0 Å². The van der Waals surface area contributed by atoms with Gasteiger partial charge >= 0.3 is 11.9 Å². The van der Waals surface area contributed by atoms with E-state index in [-0.39, 0.29) is 24.6 Å². The van der Waals surface area contributed by atoms with Gasteiger partial charge in [-0.1, -0.05) is 373 Å². The molecule has 0 bridgehead atoms. The number of esters is 2. The summed E-state index contributed by atoms with van der Waals surface area (Å²) in [5.41, 5.74) is 2.75. The van der Waals surface area contributed by atoms with E-state index in [2.05, 4.69) is 19.3 Å². The van der Waals surface area contributed by atoms with Crippen LogP contribution in [0.15, 0.2) is 0 Å². The van der Waals surface area contributed by atoms with Crippen molar-refractivity contribution in [3.63, 3.8) is 0 Å².